The highest BCUT2D eigenvalue weighted by atomic mass is 35.5. The van der Waals surface area contributed by atoms with Crippen molar-refractivity contribution >= 4 is 29.6 Å². The summed E-state index contributed by atoms with van der Waals surface area (Å²) in [4.78, 5) is 25.0. The second-order valence-corrected chi connectivity index (χ2v) is 7.28. The fourth-order valence-corrected chi connectivity index (χ4v) is 2.82. The molecule has 7 nitrogen and oxygen atoms in total. The molecule has 0 saturated carbocycles. The fourth-order valence-electron chi connectivity index (χ4n) is 2.63. The number of carbonyl (C=O) groups is 2. The molecular weight excluding hydrogens is 418 g/mol. The summed E-state index contributed by atoms with van der Waals surface area (Å²) in [5.74, 6) is 2.38. The number of nitrogens with one attached hydrogen (secondary N) is 2. The molecular formula is C23H24ClN3O4. The number of rotatable bonds is 9. The van der Waals surface area contributed by atoms with E-state index in [0.29, 0.717) is 27.6 Å². The van der Waals surface area contributed by atoms with Gasteiger partial charge in [0.1, 0.15) is 12.6 Å². The van der Waals surface area contributed by atoms with Crippen molar-refractivity contribution < 1.29 is 19.1 Å². The molecule has 1 unspecified atom stereocenters. The van der Waals surface area contributed by atoms with E-state index in [-0.39, 0.29) is 12.5 Å². The Morgan fingerprint density at radius 2 is 2.00 bits per heavy atom. The van der Waals surface area contributed by atoms with Crippen molar-refractivity contribution in [3.05, 3.63) is 58.6 Å². The first-order valence-corrected chi connectivity index (χ1v) is 9.87. The summed E-state index contributed by atoms with van der Waals surface area (Å²) in [5, 5.41) is 7.14. The van der Waals surface area contributed by atoms with E-state index in [9.17, 15) is 9.59 Å². The minimum Gasteiger partial charge on any atom is -0.493 e. The van der Waals surface area contributed by atoms with Gasteiger partial charge in [0.05, 0.1) is 13.3 Å². The van der Waals surface area contributed by atoms with Crippen molar-refractivity contribution in [2.75, 3.05) is 13.7 Å². The molecule has 2 N–H and O–H groups in total. The molecule has 0 radical (unpaired) electrons. The summed E-state index contributed by atoms with van der Waals surface area (Å²) in [6.45, 7) is 3.77. The molecule has 8 heteroatoms. The van der Waals surface area contributed by atoms with E-state index in [1.165, 1.54) is 19.4 Å². The molecule has 0 bridgehead atoms. The third-order valence-corrected chi connectivity index (χ3v) is 4.44. The molecule has 0 aliphatic heterocycles. The third kappa shape index (κ3) is 7.05. The lowest BCUT2D eigenvalue weighted by molar-refractivity contribution is -0.123. The van der Waals surface area contributed by atoms with Gasteiger partial charge in [0.15, 0.2) is 11.5 Å². The Labute approximate surface area is 186 Å². The van der Waals surface area contributed by atoms with Crippen molar-refractivity contribution in [3.8, 4) is 23.8 Å². The first kappa shape index (κ1) is 23.8. The Morgan fingerprint density at radius 3 is 2.65 bits per heavy atom. The van der Waals surface area contributed by atoms with Gasteiger partial charge in [0.2, 0.25) is 0 Å². The van der Waals surface area contributed by atoms with Crippen LogP contribution in [0.2, 0.25) is 5.02 Å². The Morgan fingerprint density at radius 1 is 1.23 bits per heavy atom. The molecule has 0 aliphatic carbocycles. The standard InChI is InChI=1S/C23H24ClN3O4/c1-5-11-31-19-10-9-16(12-20(19)30-4)14-25-27-23(29)21(15(2)3)26-22(28)17-7-6-8-18(24)13-17/h1,6-10,12-15,21H,11H2,2-4H3,(H,26,28)(H,27,29)/b25-14-. The average molecular weight is 442 g/mol. The summed E-state index contributed by atoms with van der Waals surface area (Å²) < 4.78 is 10.7. The van der Waals surface area contributed by atoms with Crippen LogP contribution in [0.1, 0.15) is 29.8 Å². The molecule has 0 aromatic heterocycles. The lowest BCUT2D eigenvalue weighted by Crippen LogP contribution is -2.48. The Balaban J connectivity index is 2.03. The first-order valence-electron chi connectivity index (χ1n) is 9.49. The topological polar surface area (TPSA) is 89.0 Å². The maximum atomic E-state index is 12.6. The first-order chi connectivity index (χ1) is 14.8. The summed E-state index contributed by atoms with van der Waals surface area (Å²) in [6.07, 6.45) is 6.66. The summed E-state index contributed by atoms with van der Waals surface area (Å²) in [5.41, 5.74) is 3.50. The normalized spacial score (nSPS) is 11.6. The van der Waals surface area contributed by atoms with E-state index in [1.54, 1.807) is 36.4 Å². The van der Waals surface area contributed by atoms with E-state index in [4.69, 9.17) is 27.5 Å². The minimum atomic E-state index is -0.780. The molecule has 162 valence electrons. The highest BCUT2D eigenvalue weighted by Crippen LogP contribution is 2.27. The number of methoxy groups -OCH3 is 1. The maximum Gasteiger partial charge on any atom is 0.262 e. The molecule has 2 aromatic rings. The summed E-state index contributed by atoms with van der Waals surface area (Å²) >= 11 is 5.93. The van der Waals surface area contributed by atoms with Crippen LogP contribution in [-0.2, 0) is 4.79 Å². The zero-order valence-electron chi connectivity index (χ0n) is 17.5. The predicted molar refractivity (Wildman–Crippen MR) is 121 cm³/mol. The zero-order chi connectivity index (χ0) is 22.8. The van der Waals surface area contributed by atoms with Crippen LogP contribution < -0.4 is 20.2 Å². The number of hydrogen-bond donors (Lipinski definition) is 2. The van der Waals surface area contributed by atoms with Crippen LogP contribution in [-0.4, -0.2) is 37.8 Å². The van der Waals surface area contributed by atoms with Crippen molar-refractivity contribution in [1.29, 1.82) is 0 Å². The molecule has 0 saturated heterocycles. The third-order valence-electron chi connectivity index (χ3n) is 4.21. The quantitative estimate of drug-likeness (QED) is 0.355. The van der Waals surface area contributed by atoms with Gasteiger partial charge in [-0.25, -0.2) is 5.43 Å². The van der Waals surface area contributed by atoms with E-state index in [1.807, 2.05) is 13.8 Å². The molecule has 0 fully saturated rings. The Kier molecular flexibility index (Phi) is 8.92. The monoisotopic (exact) mass is 441 g/mol. The van der Waals surface area contributed by atoms with Crippen LogP contribution in [0.15, 0.2) is 47.6 Å². The number of benzene rings is 2. The molecule has 0 spiro atoms. The number of halogens is 1. The van der Waals surface area contributed by atoms with Gasteiger partial charge >= 0.3 is 0 Å². The lowest BCUT2D eigenvalue weighted by Gasteiger charge is -2.20. The zero-order valence-corrected chi connectivity index (χ0v) is 18.3. The molecule has 2 rings (SSSR count). The van der Waals surface area contributed by atoms with Crippen molar-refractivity contribution in [3.63, 3.8) is 0 Å². The number of terminal acetylenes is 1. The number of nitrogens with zero attached hydrogens (tertiary/aromatic N) is 1. The molecule has 2 amide bonds. The lowest BCUT2D eigenvalue weighted by atomic mass is 10.0. The molecule has 0 aliphatic rings. The largest absolute Gasteiger partial charge is 0.493 e. The molecule has 0 heterocycles. The van der Waals surface area contributed by atoms with Crippen LogP contribution >= 0.6 is 11.6 Å². The number of ether oxygens (including phenoxy) is 2. The van der Waals surface area contributed by atoms with E-state index >= 15 is 0 Å². The fraction of sp³-hybridized carbons (Fsp3) is 0.261. The minimum absolute atomic E-state index is 0.122. The predicted octanol–water partition coefficient (Wildman–Crippen LogP) is 3.27. The van der Waals surface area contributed by atoms with Gasteiger partial charge in [0.25, 0.3) is 11.8 Å². The number of hydrazone groups is 1. The van der Waals surface area contributed by atoms with Crippen molar-refractivity contribution in [2.24, 2.45) is 11.0 Å². The second-order valence-electron chi connectivity index (χ2n) is 6.84. The summed E-state index contributed by atoms with van der Waals surface area (Å²) in [7, 11) is 1.51. The highest BCUT2D eigenvalue weighted by molar-refractivity contribution is 6.31. The van der Waals surface area contributed by atoms with Gasteiger partial charge in [0, 0.05) is 10.6 Å². The number of amides is 2. The average Bonchev–Trinajstić information content (AvgIpc) is 2.75. The number of carbonyl (C=O) groups excluding carboxylic acids is 2. The van der Waals surface area contributed by atoms with Crippen LogP contribution in [0, 0.1) is 18.3 Å². The summed E-state index contributed by atoms with van der Waals surface area (Å²) in [6, 6.07) is 10.9. The highest BCUT2D eigenvalue weighted by Gasteiger charge is 2.24. The maximum absolute atomic E-state index is 12.6. The van der Waals surface area contributed by atoms with E-state index in [0.717, 1.165) is 0 Å². The Bertz CT molecular complexity index is 999. The molecule has 31 heavy (non-hydrogen) atoms. The van der Waals surface area contributed by atoms with Gasteiger partial charge in [-0.2, -0.15) is 5.10 Å². The van der Waals surface area contributed by atoms with Gasteiger partial charge in [-0.1, -0.05) is 37.4 Å². The Hall–Kier alpha value is -3.50. The van der Waals surface area contributed by atoms with Gasteiger partial charge in [-0.05, 0) is 47.9 Å². The SMILES string of the molecule is C#CCOc1ccc(/C=N\NC(=O)C(NC(=O)c2cccc(Cl)c2)C(C)C)cc1OC. The van der Waals surface area contributed by atoms with Crippen LogP contribution in [0.5, 0.6) is 11.5 Å². The van der Waals surface area contributed by atoms with Gasteiger partial charge in [-0.15, -0.1) is 6.42 Å². The van der Waals surface area contributed by atoms with E-state index in [2.05, 4.69) is 21.8 Å². The second kappa shape index (κ2) is 11.6. The number of hydrogen-bond acceptors (Lipinski definition) is 5. The van der Waals surface area contributed by atoms with Crippen molar-refractivity contribution in [2.45, 2.75) is 19.9 Å². The molecule has 2 aromatic carbocycles. The molecule has 1 atom stereocenters. The van der Waals surface area contributed by atoms with Crippen LogP contribution in [0.25, 0.3) is 0 Å². The van der Waals surface area contributed by atoms with Crippen LogP contribution in [0.4, 0.5) is 0 Å². The van der Waals surface area contributed by atoms with Gasteiger partial charge < -0.3 is 14.8 Å². The van der Waals surface area contributed by atoms with E-state index < -0.39 is 17.9 Å². The van der Waals surface area contributed by atoms with Crippen molar-refractivity contribution in [1.82, 2.24) is 10.7 Å². The van der Waals surface area contributed by atoms with Crippen LogP contribution in [0.3, 0.4) is 0 Å². The smallest absolute Gasteiger partial charge is 0.262 e. The van der Waals surface area contributed by atoms with Gasteiger partial charge in [-0.3, -0.25) is 9.59 Å².